The van der Waals surface area contributed by atoms with E-state index in [4.69, 9.17) is 28.9 Å². The quantitative estimate of drug-likeness (QED) is 0.866. The van der Waals surface area contributed by atoms with Gasteiger partial charge in [0.05, 0.1) is 0 Å². The zero-order valence-corrected chi connectivity index (χ0v) is 10.4. The van der Waals surface area contributed by atoms with Crippen molar-refractivity contribution in [2.24, 2.45) is 5.73 Å². The second-order valence-electron chi connectivity index (χ2n) is 3.66. The van der Waals surface area contributed by atoms with Crippen LogP contribution in [-0.4, -0.2) is 0 Å². The minimum absolute atomic E-state index is 0.350. The molecule has 0 aromatic heterocycles. The summed E-state index contributed by atoms with van der Waals surface area (Å²) in [5.74, 6) is -0.379. The first-order chi connectivity index (χ1) is 8.10. The van der Waals surface area contributed by atoms with Crippen LogP contribution in [0.1, 0.15) is 5.56 Å². The second kappa shape index (κ2) is 5.05. The number of halogens is 3. The fraction of sp³-hybridized carbons (Fsp3) is 0.0769. The highest BCUT2D eigenvalue weighted by Crippen LogP contribution is 2.29. The van der Waals surface area contributed by atoms with Gasteiger partial charge in [0.1, 0.15) is 5.82 Å². The van der Waals surface area contributed by atoms with Crippen molar-refractivity contribution >= 4 is 23.2 Å². The molecule has 0 amide bonds. The molecule has 0 unspecified atom stereocenters. The van der Waals surface area contributed by atoms with Crippen LogP contribution < -0.4 is 5.73 Å². The number of rotatable bonds is 2. The van der Waals surface area contributed by atoms with Gasteiger partial charge in [0, 0.05) is 16.6 Å². The predicted octanol–water partition coefficient (Wildman–Crippen LogP) is 4.26. The SMILES string of the molecule is NCc1ccc(Cl)cc1-c1cc(F)cc(Cl)c1. The van der Waals surface area contributed by atoms with Crippen molar-refractivity contribution in [3.63, 3.8) is 0 Å². The van der Waals surface area contributed by atoms with Crippen LogP contribution in [0, 0.1) is 5.82 Å². The molecule has 4 heteroatoms. The standard InChI is InChI=1S/C13H10Cl2FN/c14-10-2-1-8(7-17)13(6-10)9-3-11(15)5-12(16)4-9/h1-6H,7,17H2. The van der Waals surface area contributed by atoms with Crippen LogP contribution in [0.2, 0.25) is 10.0 Å². The molecule has 2 aromatic rings. The first kappa shape index (κ1) is 12.4. The molecular formula is C13H10Cl2FN. The van der Waals surface area contributed by atoms with E-state index in [1.807, 2.05) is 6.07 Å². The van der Waals surface area contributed by atoms with Crippen LogP contribution in [-0.2, 0) is 6.54 Å². The molecule has 0 atom stereocenters. The molecule has 0 aliphatic carbocycles. The molecule has 2 N–H and O–H groups in total. The van der Waals surface area contributed by atoms with Gasteiger partial charge in [0.15, 0.2) is 0 Å². The Morgan fingerprint density at radius 1 is 1.00 bits per heavy atom. The molecule has 0 heterocycles. The summed E-state index contributed by atoms with van der Waals surface area (Å²) in [6, 6.07) is 9.71. The maximum atomic E-state index is 13.3. The predicted molar refractivity (Wildman–Crippen MR) is 69.7 cm³/mol. The third-order valence-corrected chi connectivity index (χ3v) is 2.92. The second-order valence-corrected chi connectivity index (χ2v) is 4.54. The van der Waals surface area contributed by atoms with Crippen LogP contribution in [0.15, 0.2) is 36.4 Å². The van der Waals surface area contributed by atoms with Crippen molar-refractivity contribution in [1.82, 2.24) is 0 Å². The Labute approximate surface area is 109 Å². The lowest BCUT2D eigenvalue weighted by molar-refractivity contribution is 0.628. The van der Waals surface area contributed by atoms with Crippen molar-refractivity contribution in [1.29, 1.82) is 0 Å². The highest BCUT2D eigenvalue weighted by Gasteiger charge is 2.07. The normalized spacial score (nSPS) is 10.6. The van der Waals surface area contributed by atoms with Gasteiger partial charge in [-0.15, -0.1) is 0 Å². The van der Waals surface area contributed by atoms with Crippen molar-refractivity contribution < 1.29 is 4.39 Å². The van der Waals surface area contributed by atoms with Gasteiger partial charge in [-0.1, -0.05) is 29.3 Å². The molecule has 0 fully saturated rings. The van der Waals surface area contributed by atoms with Gasteiger partial charge in [0.25, 0.3) is 0 Å². The van der Waals surface area contributed by atoms with Crippen LogP contribution in [0.25, 0.3) is 11.1 Å². The number of hydrogen-bond donors (Lipinski definition) is 1. The fourth-order valence-corrected chi connectivity index (χ4v) is 2.10. The Hall–Kier alpha value is -1.09. The highest BCUT2D eigenvalue weighted by atomic mass is 35.5. The summed E-state index contributed by atoms with van der Waals surface area (Å²) in [5.41, 5.74) is 8.03. The molecule has 17 heavy (non-hydrogen) atoms. The zero-order valence-electron chi connectivity index (χ0n) is 8.88. The summed E-state index contributed by atoms with van der Waals surface area (Å²) in [4.78, 5) is 0. The Bertz CT molecular complexity index is 535. The monoisotopic (exact) mass is 269 g/mol. The molecule has 0 bridgehead atoms. The van der Waals surface area contributed by atoms with E-state index in [2.05, 4.69) is 0 Å². The molecule has 1 nitrogen and oxygen atoms in total. The number of hydrogen-bond acceptors (Lipinski definition) is 1. The van der Waals surface area contributed by atoms with Crippen molar-refractivity contribution in [2.45, 2.75) is 6.54 Å². The minimum Gasteiger partial charge on any atom is -0.326 e. The van der Waals surface area contributed by atoms with Gasteiger partial charge in [-0.05, 0) is 47.0 Å². The van der Waals surface area contributed by atoms with E-state index < -0.39 is 0 Å². The van der Waals surface area contributed by atoms with Crippen LogP contribution in [0.4, 0.5) is 4.39 Å². The average Bonchev–Trinajstić information content (AvgIpc) is 2.27. The molecule has 0 saturated heterocycles. The molecule has 0 radical (unpaired) electrons. The van der Waals surface area contributed by atoms with E-state index in [9.17, 15) is 4.39 Å². The molecule has 0 spiro atoms. The van der Waals surface area contributed by atoms with Gasteiger partial charge < -0.3 is 5.73 Å². The summed E-state index contributed by atoms with van der Waals surface area (Å²) >= 11 is 11.8. The Morgan fingerprint density at radius 3 is 2.41 bits per heavy atom. The van der Waals surface area contributed by atoms with Crippen LogP contribution >= 0.6 is 23.2 Å². The topological polar surface area (TPSA) is 26.0 Å². The summed E-state index contributed by atoms with van der Waals surface area (Å²) in [6.45, 7) is 0.362. The summed E-state index contributed by atoms with van der Waals surface area (Å²) < 4.78 is 13.3. The molecule has 2 rings (SSSR count). The lowest BCUT2D eigenvalue weighted by atomic mass is 10.00. The smallest absolute Gasteiger partial charge is 0.125 e. The molecule has 0 aliphatic rings. The van der Waals surface area contributed by atoms with E-state index in [0.29, 0.717) is 22.2 Å². The van der Waals surface area contributed by atoms with Gasteiger partial charge in [-0.3, -0.25) is 0 Å². The zero-order chi connectivity index (χ0) is 12.4. The van der Waals surface area contributed by atoms with Gasteiger partial charge >= 0.3 is 0 Å². The molecule has 0 saturated carbocycles. The van der Waals surface area contributed by atoms with Gasteiger partial charge in [0.2, 0.25) is 0 Å². The first-order valence-corrected chi connectivity index (χ1v) is 5.80. The van der Waals surface area contributed by atoms with Crippen molar-refractivity contribution in [2.75, 3.05) is 0 Å². The largest absolute Gasteiger partial charge is 0.326 e. The summed E-state index contributed by atoms with van der Waals surface area (Å²) in [6.07, 6.45) is 0. The molecule has 2 aromatic carbocycles. The van der Waals surface area contributed by atoms with E-state index in [1.54, 1.807) is 18.2 Å². The average molecular weight is 270 g/mol. The molecule has 88 valence electrons. The van der Waals surface area contributed by atoms with Crippen molar-refractivity contribution in [3.05, 3.63) is 57.8 Å². The first-order valence-electron chi connectivity index (χ1n) is 5.05. The summed E-state index contributed by atoms with van der Waals surface area (Å²) in [7, 11) is 0. The van der Waals surface area contributed by atoms with E-state index in [-0.39, 0.29) is 5.82 Å². The van der Waals surface area contributed by atoms with Gasteiger partial charge in [-0.25, -0.2) is 4.39 Å². The van der Waals surface area contributed by atoms with Gasteiger partial charge in [-0.2, -0.15) is 0 Å². The maximum Gasteiger partial charge on any atom is 0.125 e. The van der Waals surface area contributed by atoms with E-state index in [0.717, 1.165) is 11.1 Å². The van der Waals surface area contributed by atoms with Crippen LogP contribution in [0.5, 0.6) is 0 Å². The molecule has 0 aliphatic heterocycles. The summed E-state index contributed by atoms with van der Waals surface area (Å²) in [5, 5.41) is 0.931. The maximum absolute atomic E-state index is 13.3. The van der Waals surface area contributed by atoms with Crippen molar-refractivity contribution in [3.8, 4) is 11.1 Å². The number of nitrogens with two attached hydrogens (primary N) is 1. The lowest BCUT2D eigenvalue weighted by Crippen LogP contribution is -1.99. The van der Waals surface area contributed by atoms with E-state index in [1.165, 1.54) is 12.1 Å². The third kappa shape index (κ3) is 2.78. The molecular weight excluding hydrogens is 260 g/mol. The lowest BCUT2D eigenvalue weighted by Gasteiger charge is -2.09. The third-order valence-electron chi connectivity index (χ3n) is 2.47. The minimum atomic E-state index is -0.379. The Balaban J connectivity index is 2.62. The van der Waals surface area contributed by atoms with Crippen LogP contribution in [0.3, 0.4) is 0 Å². The highest BCUT2D eigenvalue weighted by molar-refractivity contribution is 6.31. The number of benzene rings is 2. The Morgan fingerprint density at radius 2 is 1.76 bits per heavy atom. The fourth-order valence-electron chi connectivity index (χ4n) is 1.70. The Kier molecular flexibility index (Phi) is 3.67. The van der Waals surface area contributed by atoms with E-state index >= 15 is 0 Å².